The Labute approximate surface area is 168 Å². The van der Waals surface area contributed by atoms with E-state index in [4.69, 9.17) is 9.57 Å². The number of fused-ring (bicyclic) bond motifs is 2. The van der Waals surface area contributed by atoms with E-state index < -0.39 is 0 Å². The first kappa shape index (κ1) is 19.2. The number of oxime groups is 1. The second kappa shape index (κ2) is 7.35. The molecule has 146 valence electrons. The first-order valence-electron chi connectivity index (χ1n) is 10.0. The van der Waals surface area contributed by atoms with Gasteiger partial charge in [-0.2, -0.15) is 0 Å². The van der Waals surface area contributed by atoms with Gasteiger partial charge in [-0.25, -0.2) is 0 Å². The van der Waals surface area contributed by atoms with Gasteiger partial charge >= 0.3 is 168 Å². The average Bonchev–Trinajstić information content (AvgIpc) is 3.30. The normalized spacial score (nSPS) is 35.7. The molecule has 1 aromatic carbocycles. The molecule has 3 fully saturated rings. The van der Waals surface area contributed by atoms with Crippen molar-refractivity contribution >= 4 is 26.6 Å². The number of benzene rings is 1. The first-order chi connectivity index (χ1) is 12.9. The summed E-state index contributed by atoms with van der Waals surface area (Å²) in [5.41, 5.74) is 1.91. The van der Waals surface area contributed by atoms with E-state index in [0.29, 0.717) is 37.4 Å². The van der Waals surface area contributed by atoms with Gasteiger partial charge in [-0.15, -0.1) is 0 Å². The van der Waals surface area contributed by atoms with Crippen molar-refractivity contribution in [3.8, 4) is 0 Å². The molecule has 1 aromatic rings. The van der Waals surface area contributed by atoms with Crippen LogP contribution in [0.5, 0.6) is 0 Å². The molecule has 0 amide bonds. The third-order valence-electron chi connectivity index (χ3n) is 7.23. The van der Waals surface area contributed by atoms with Gasteiger partial charge in [0.2, 0.25) is 0 Å². The van der Waals surface area contributed by atoms with E-state index in [-0.39, 0.29) is 16.8 Å². The van der Waals surface area contributed by atoms with Crippen molar-refractivity contribution in [1.29, 1.82) is 0 Å². The van der Waals surface area contributed by atoms with Crippen LogP contribution in [0.15, 0.2) is 35.5 Å². The van der Waals surface area contributed by atoms with Crippen molar-refractivity contribution in [2.75, 3.05) is 6.61 Å². The number of hydrogen-bond donors (Lipinski definition) is 0. The van der Waals surface area contributed by atoms with Crippen molar-refractivity contribution in [2.45, 2.75) is 62.7 Å². The van der Waals surface area contributed by atoms with Gasteiger partial charge in [0.15, 0.2) is 0 Å². The molecule has 27 heavy (non-hydrogen) atoms. The summed E-state index contributed by atoms with van der Waals surface area (Å²) in [4.78, 5) is 18.3. The predicted molar refractivity (Wildman–Crippen MR) is 107 cm³/mol. The van der Waals surface area contributed by atoms with Gasteiger partial charge in [-0.1, -0.05) is 0 Å². The first-order valence-corrected chi connectivity index (χ1v) is 12.2. The van der Waals surface area contributed by atoms with E-state index in [1.165, 1.54) is 19.3 Å². The molecule has 0 radical (unpaired) electrons. The summed E-state index contributed by atoms with van der Waals surface area (Å²) in [6.45, 7) is 7.99. The molecule has 4 rings (SSSR count). The maximum absolute atomic E-state index is 12.4. The zero-order valence-electron chi connectivity index (χ0n) is 16.4. The molecule has 1 aliphatic heterocycles. The fraction of sp³-hybridized carbons (Fsp3) is 0.636. The van der Waals surface area contributed by atoms with Crippen molar-refractivity contribution in [3.05, 3.63) is 35.9 Å². The fourth-order valence-corrected chi connectivity index (χ4v) is 8.97. The summed E-state index contributed by atoms with van der Waals surface area (Å²) >= 11 is 0.424. The third-order valence-corrected chi connectivity index (χ3v) is 10.3. The minimum absolute atomic E-state index is 0.0254. The number of carbonyl (C=O) groups excluding carboxylic acids is 1. The number of hydrogen-bond acceptors (Lipinski definition) is 4. The van der Waals surface area contributed by atoms with Gasteiger partial charge < -0.3 is 0 Å². The Morgan fingerprint density at radius 2 is 2.04 bits per heavy atom. The molecule has 2 saturated carbocycles. The molecule has 4 nitrogen and oxygen atoms in total. The quantitative estimate of drug-likeness (QED) is 0.382. The van der Waals surface area contributed by atoms with E-state index in [1.54, 1.807) is 12.1 Å². The van der Waals surface area contributed by atoms with Gasteiger partial charge in [0.05, 0.1) is 0 Å². The standard InChI is InChI=1S/C22H29NO3Se/c1-21(2)17-11-12-22(21,3)19(18(17)27-14-16-10-7-13-25-16)23-26-20(24)15-8-5-4-6-9-15/h4-6,8-9,16-18H,7,10-14H2,1-3H3/b23-19-/t16?,17-,18+,22+/m1/s1. The summed E-state index contributed by atoms with van der Waals surface area (Å²) in [6, 6.07) is 9.13. The van der Waals surface area contributed by atoms with Crippen LogP contribution in [0.3, 0.4) is 0 Å². The Morgan fingerprint density at radius 3 is 2.74 bits per heavy atom. The molecular weight excluding hydrogens is 405 g/mol. The van der Waals surface area contributed by atoms with Crippen LogP contribution in [-0.4, -0.2) is 39.3 Å². The van der Waals surface area contributed by atoms with Gasteiger partial charge in [0.25, 0.3) is 0 Å². The SMILES string of the molecule is CC1(C)[C@@H]2CC[C@@]1(C)/C(=N\OC(=O)c1ccccc1)[C@H]2[Se]CC1CCCO1. The third kappa shape index (κ3) is 3.28. The molecule has 0 spiro atoms. The second-order valence-electron chi connectivity index (χ2n) is 8.81. The molecule has 3 aliphatic rings. The van der Waals surface area contributed by atoms with Crippen molar-refractivity contribution in [3.63, 3.8) is 0 Å². The average molecular weight is 434 g/mol. The molecule has 4 atom stereocenters. The number of nitrogens with zero attached hydrogens (tertiary/aromatic N) is 1. The van der Waals surface area contributed by atoms with E-state index in [1.807, 2.05) is 18.2 Å². The molecule has 5 heteroatoms. The fourth-order valence-electron chi connectivity index (χ4n) is 5.08. The topological polar surface area (TPSA) is 47.9 Å². The van der Waals surface area contributed by atoms with Crippen LogP contribution in [0, 0.1) is 16.7 Å². The van der Waals surface area contributed by atoms with Crippen LogP contribution in [0.2, 0.25) is 10.1 Å². The minimum atomic E-state index is -0.363. The van der Waals surface area contributed by atoms with Gasteiger partial charge in [0.1, 0.15) is 0 Å². The van der Waals surface area contributed by atoms with Crippen molar-refractivity contribution in [2.24, 2.45) is 21.9 Å². The van der Waals surface area contributed by atoms with Crippen LogP contribution in [0.1, 0.15) is 56.8 Å². The summed E-state index contributed by atoms with van der Waals surface area (Å²) in [5, 5.41) is 5.66. The number of rotatable bonds is 5. The van der Waals surface area contributed by atoms with E-state index in [0.717, 1.165) is 24.1 Å². The Morgan fingerprint density at radius 1 is 1.26 bits per heavy atom. The van der Waals surface area contributed by atoms with Crippen molar-refractivity contribution < 1.29 is 14.4 Å². The molecule has 1 saturated heterocycles. The number of ether oxygens (including phenoxy) is 1. The van der Waals surface area contributed by atoms with Crippen LogP contribution < -0.4 is 0 Å². The van der Waals surface area contributed by atoms with E-state index in [2.05, 4.69) is 25.9 Å². The van der Waals surface area contributed by atoms with Crippen LogP contribution in [-0.2, 0) is 9.57 Å². The summed E-state index contributed by atoms with van der Waals surface area (Å²) in [7, 11) is 0. The Kier molecular flexibility index (Phi) is 5.21. The van der Waals surface area contributed by atoms with E-state index >= 15 is 0 Å². The van der Waals surface area contributed by atoms with Gasteiger partial charge in [-0.3, -0.25) is 0 Å². The second-order valence-corrected chi connectivity index (χ2v) is 11.3. The maximum atomic E-state index is 12.4. The van der Waals surface area contributed by atoms with Gasteiger partial charge in [-0.05, 0) is 0 Å². The number of carbonyl (C=O) groups is 1. The molecule has 0 N–H and O–H groups in total. The van der Waals surface area contributed by atoms with E-state index in [9.17, 15) is 4.79 Å². The summed E-state index contributed by atoms with van der Waals surface area (Å²) in [6.07, 6.45) is 5.20. The Bertz CT molecular complexity index is 726. The van der Waals surface area contributed by atoms with Gasteiger partial charge in [0, 0.05) is 0 Å². The summed E-state index contributed by atoms with van der Waals surface area (Å²) in [5.74, 6) is 0.274. The Hall–Kier alpha value is -1.16. The summed E-state index contributed by atoms with van der Waals surface area (Å²) < 4.78 is 5.85. The monoisotopic (exact) mass is 435 g/mol. The molecule has 1 heterocycles. The molecule has 2 bridgehead atoms. The molecule has 0 aromatic heterocycles. The molecule has 2 aliphatic carbocycles. The zero-order chi connectivity index (χ0) is 19.1. The van der Waals surface area contributed by atoms with Crippen LogP contribution in [0.25, 0.3) is 0 Å². The predicted octanol–water partition coefficient (Wildman–Crippen LogP) is 4.75. The Balaban J connectivity index is 1.54. The molecular formula is C22H29NO3Se. The van der Waals surface area contributed by atoms with Crippen molar-refractivity contribution in [1.82, 2.24) is 0 Å². The van der Waals surface area contributed by atoms with Crippen LogP contribution >= 0.6 is 0 Å². The molecule has 1 unspecified atom stereocenters. The van der Waals surface area contributed by atoms with Crippen LogP contribution in [0.4, 0.5) is 0 Å². The zero-order valence-corrected chi connectivity index (χ0v) is 18.2.